The minimum atomic E-state index is -0.695. The maximum atomic E-state index is 11.3. The fourth-order valence-corrected chi connectivity index (χ4v) is 3.48. The number of hydrogen-bond acceptors (Lipinski definition) is 6. The molecule has 0 aliphatic heterocycles. The summed E-state index contributed by atoms with van der Waals surface area (Å²) in [5.74, 6) is 0.287. The molecule has 0 unspecified atom stereocenters. The van der Waals surface area contributed by atoms with E-state index in [1.807, 2.05) is 24.3 Å². The molecule has 3 aromatic rings. The Balaban J connectivity index is 1.94. The summed E-state index contributed by atoms with van der Waals surface area (Å²) < 4.78 is 0. The molecule has 8 heteroatoms. The number of para-hydroxylation sites is 1. The monoisotopic (exact) mass is 354 g/mol. The quantitative estimate of drug-likeness (QED) is 0.326. The van der Waals surface area contributed by atoms with Crippen LogP contribution in [0.1, 0.15) is 21.7 Å². The van der Waals surface area contributed by atoms with Gasteiger partial charge in [-0.1, -0.05) is 24.3 Å². The Bertz CT molecular complexity index is 991. The van der Waals surface area contributed by atoms with Crippen LogP contribution in [0.25, 0.3) is 10.9 Å². The number of carbonyl (C=O) groups excluding carboxylic acids is 1. The van der Waals surface area contributed by atoms with E-state index in [9.17, 15) is 14.9 Å². The minimum Gasteiger partial charge on any atom is -0.366 e. The van der Waals surface area contributed by atoms with Crippen molar-refractivity contribution in [1.29, 1.82) is 0 Å². The van der Waals surface area contributed by atoms with Gasteiger partial charge in [-0.2, -0.15) is 0 Å². The molecular formula is C17H14N4O3S. The van der Waals surface area contributed by atoms with Crippen molar-refractivity contribution in [3.63, 3.8) is 0 Å². The van der Waals surface area contributed by atoms with Gasteiger partial charge in [-0.05, 0) is 19.1 Å². The van der Waals surface area contributed by atoms with Crippen LogP contribution in [0.5, 0.6) is 0 Å². The second-order valence-corrected chi connectivity index (χ2v) is 6.31. The van der Waals surface area contributed by atoms with Crippen LogP contribution in [0.4, 0.5) is 5.69 Å². The highest BCUT2D eigenvalue weighted by Gasteiger charge is 2.17. The van der Waals surface area contributed by atoms with Crippen LogP contribution in [0.15, 0.2) is 47.5 Å². The number of fused-ring (bicyclic) bond motifs is 1. The molecule has 2 aromatic carbocycles. The highest BCUT2D eigenvalue weighted by molar-refractivity contribution is 7.98. The normalized spacial score (nSPS) is 10.8. The Kier molecular flexibility index (Phi) is 4.62. The van der Waals surface area contributed by atoms with Crippen molar-refractivity contribution in [1.82, 2.24) is 9.97 Å². The first-order chi connectivity index (χ1) is 12.0. The molecule has 2 N–H and O–H groups in total. The fraction of sp³-hybridized carbons (Fsp3) is 0.118. The van der Waals surface area contributed by atoms with Gasteiger partial charge in [-0.25, -0.2) is 9.97 Å². The molecule has 0 aliphatic carbocycles. The summed E-state index contributed by atoms with van der Waals surface area (Å²) in [5, 5.41) is 13.0. The van der Waals surface area contributed by atoms with E-state index in [4.69, 9.17) is 5.73 Å². The molecule has 1 aromatic heterocycles. The van der Waals surface area contributed by atoms with Gasteiger partial charge in [-0.15, -0.1) is 11.8 Å². The molecule has 7 nitrogen and oxygen atoms in total. The van der Waals surface area contributed by atoms with Crippen LogP contribution in [0.2, 0.25) is 0 Å². The van der Waals surface area contributed by atoms with Gasteiger partial charge in [-0.3, -0.25) is 14.9 Å². The van der Waals surface area contributed by atoms with E-state index in [-0.39, 0.29) is 11.3 Å². The number of aryl methyl sites for hydroxylation is 1. The van der Waals surface area contributed by atoms with Crippen LogP contribution in [-0.2, 0) is 5.75 Å². The van der Waals surface area contributed by atoms with E-state index in [2.05, 4.69) is 9.97 Å². The number of nitro benzene ring substituents is 1. The highest BCUT2D eigenvalue weighted by Crippen LogP contribution is 2.31. The average molecular weight is 354 g/mol. The second-order valence-electron chi connectivity index (χ2n) is 5.35. The number of nitrogens with two attached hydrogens (primary N) is 1. The molecule has 126 valence electrons. The summed E-state index contributed by atoms with van der Waals surface area (Å²) in [4.78, 5) is 30.8. The van der Waals surface area contributed by atoms with Crippen molar-refractivity contribution >= 4 is 34.3 Å². The standard InChI is InChI=1S/C17H14N4O3S/c1-10-19-14-5-3-2-4-13(14)17(20-10)25-9-12-7-6-11(16(18)22)8-15(12)21(23)24/h2-8H,9H2,1H3,(H2,18,22). The number of aromatic nitrogens is 2. The van der Waals surface area contributed by atoms with Gasteiger partial charge in [0, 0.05) is 28.3 Å². The number of rotatable bonds is 5. The Hall–Kier alpha value is -3.00. The molecule has 0 saturated heterocycles. The van der Waals surface area contributed by atoms with Crippen molar-refractivity contribution in [2.45, 2.75) is 17.7 Å². The zero-order valence-corrected chi connectivity index (χ0v) is 14.1. The van der Waals surface area contributed by atoms with Gasteiger partial charge in [0.1, 0.15) is 10.9 Å². The zero-order chi connectivity index (χ0) is 18.0. The lowest BCUT2D eigenvalue weighted by Gasteiger charge is -2.07. The molecule has 0 bridgehead atoms. The predicted molar refractivity (Wildman–Crippen MR) is 95.5 cm³/mol. The SMILES string of the molecule is Cc1nc(SCc2ccc(C(N)=O)cc2[N+](=O)[O-])c2ccccc2n1. The number of amides is 1. The largest absolute Gasteiger partial charge is 0.366 e. The van der Waals surface area contributed by atoms with E-state index in [1.165, 1.54) is 23.9 Å². The first-order valence-corrected chi connectivity index (χ1v) is 8.37. The summed E-state index contributed by atoms with van der Waals surface area (Å²) >= 11 is 1.39. The Labute approximate surface area is 147 Å². The molecule has 0 spiro atoms. The van der Waals surface area contributed by atoms with Crippen LogP contribution in [0, 0.1) is 17.0 Å². The minimum absolute atomic E-state index is 0.115. The molecule has 0 aliphatic rings. The topological polar surface area (TPSA) is 112 Å². The highest BCUT2D eigenvalue weighted by atomic mass is 32.2. The number of nitro groups is 1. The number of hydrogen-bond donors (Lipinski definition) is 1. The first-order valence-electron chi connectivity index (χ1n) is 7.39. The maximum Gasteiger partial charge on any atom is 0.274 e. The lowest BCUT2D eigenvalue weighted by molar-refractivity contribution is -0.385. The molecule has 0 radical (unpaired) electrons. The van der Waals surface area contributed by atoms with Gasteiger partial charge in [0.2, 0.25) is 5.91 Å². The fourth-order valence-electron chi connectivity index (χ4n) is 2.42. The third-order valence-corrected chi connectivity index (χ3v) is 4.65. The van der Waals surface area contributed by atoms with Crippen molar-refractivity contribution in [2.75, 3.05) is 0 Å². The molecule has 1 heterocycles. The second kappa shape index (κ2) is 6.86. The first kappa shape index (κ1) is 16.8. The maximum absolute atomic E-state index is 11.3. The molecule has 1 amide bonds. The lowest BCUT2D eigenvalue weighted by atomic mass is 10.1. The summed E-state index contributed by atoms with van der Waals surface area (Å²) in [6.45, 7) is 1.81. The third kappa shape index (κ3) is 3.58. The van der Waals surface area contributed by atoms with E-state index in [0.29, 0.717) is 17.1 Å². The van der Waals surface area contributed by atoms with Gasteiger partial charge < -0.3 is 5.73 Å². The van der Waals surface area contributed by atoms with Crippen LogP contribution < -0.4 is 5.73 Å². The van der Waals surface area contributed by atoms with Crippen LogP contribution in [0.3, 0.4) is 0 Å². The number of carbonyl (C=O) groups is 1. The van der Waals surface area contributed by atoms with Crippen molar-refractivity contribution < 1.29 is 9.72 Å². The molecule has 0 saturated carbocycles. The smallest absolute Gasteiger partial charge is 0.274 e. The Morgan fingerprint density at radius 1 is 1.24 bits per heavy atom. The lowest BCUT2D eigenvalue weighted by Crippen LogP contribution is -2.11. The molecule has 25 heavy (non-hydrogen) atoms. The number of primary amides is 1. The molecular weight excluding hydrogens is 340 g/mol. The number of thioether (sulfide) groups is 1. The number of benzene rings is 2. The van der Waals surface area contributed by atoms with E-state index >= 15 is 0 Å². The van der Waals surface area contributed by atoms with Crippen LogP contribution in [-0.4, -0.2) is 20.8 Å². The summed E-state index contributed by atoms with van der Waals surface area (Å²) in [7, 11) is 0. The Morgan fingerprint density at radius 2 is 2.00 bits per heavy atom. The molecule has 3 rings (SSSR count). The van der Waals surface area contributed by atoms with Gasteiger partial charge >= 0.3 is 0 Å². The summed E-state index contributed by atoms with van der Waals surface area (Å²) in [6.07, 6.45) is 0. The van der Waals surface area contributed by atoms with E-state index in [0.717, 1.165) is 15.9 Å². The van der Waals surface area contributed by atoms with Crippen molar-refractivity contribution in [2.24, 2.45) is 5.73 Å². The van der Waals surface area contributed by atoms with Crippen LogP contribution >= 0.6 is 11.8 Å². The molecule has 0 atom stereocenters. The summed E-state index contributed by atoms with van der Waals surface area (Å²) in [5.41, 5.74) is 6.51. The van der Waals surface area contributed by atoms with E-state index < -0.39 is 10.8 Å². The number of nitrogens with zero attached hydrogens (tertiary/aromatic N) is 3. The zero-order valence-electron chi connectivity index (χ0n) is 13.3. The van der Waals surface area contributed by atoms with Gasteiger partial charge in [0.05, 0.1) is 10.4 Å². The average Bonchev–Trinajstić information content (AvgIpc) is 2.59. The Morgan fingerprint density at radius 3 is 2.72 bits per heavy atom. The predicted octanol–water partition coefficient (Wildman–Crippen LogP) is 3.24. The molecule has 0 fully saturated rings. The van der Waals surface area contributed by atoms with Gasteiger partial charge in [0.15, 0.2) is 0 Å². The summed E-state index contributed by atoms with van der Waals surface area (Å²) in [6, 6.07) is 11.9. The van der Waals surface area contributed by atoms with Gasteiger partial charge in [0.25, 0.3) is 5.69 Å². The van der Waals surface area contributed by atoms with Crippen molar-refractivity contribution in [3.8, 4) is 0 Å². The van der Waals surface area contributed by atoms with E-state index in [1.54, 1.807) is 13.0 Å². The third-order valence-electron chi connectivity index (χ3n) is 3.61. The van der Waals surface area contributed by atoms with Crippen molar-refractivity contribution in [3.05, 3.63) is 69.5 Å².